The van der Waals surface area contributed by atoms with E-state index < -0.39 is 29.5 Å². The molecule has 2 aliphatic rings. The van der Waals surface area contributed by atoms with Crippen molar-refractivity contribution in [3.8, 4) is 0 Å². The number of rotatable bonds is 4. The van der Waals surface area contributed by atoms with Gasteiger partial charge in [-0.3, -0.25) is 4.79 Å². The molecule has 0 saturated heterocycles. The van der Waals surface area contributed by atoms with Crippen LogP contribution in [0.25, 0.3) is 0 Å². The average Bonchev–Trinajstić information content (AvgIpc) is 2.87. The number of aryl methyl sites for hydroxylation is 1. The Bertz CT molecular complexity index is 1460. The van der Waals surface area contributed by atoms with Crippen molar-refractivity contribution in [2.24, 2.45) is 5.92 Å². The third-order valence-electron chi connectivity index (χ3n) is 7.14. The van der Waals surface area contributed by atoms with E-state index in [2.05, 4.69) is 15.6 Å². The Morgan fingerprint density at radius 2 is 1.71 bits per heavy atom. The number of allylic oxidation sites excluding steroid dienone is 3. The van der Waals surface area contributed by atoms with Gasteiger partial charge in [-0.2, -0.15) is 13.2 Å². The van der Waals surface area contributed by atoms with Crippen LogP contribution in [0.2, 0.25) is 0 Å². The van der Waals surface area contributed by atoms with Crippen molar-refractivity contribution in [2.45, 2.75) is 38.3 Å². The molecule has 1 amide bonds. The highest BCUT2D eigenvalue weighted by Crippen LogP contribution is 2.48. The fourth-order valence-corrected chi connectivity index (χ4v) is 5.49. The molecule has 3 atom stereocenters. The largest absolute Gasteiger partial charge is 0.416 e. The molecule has 3 unspecified atom stereocenters. The van der Waals surface area contributed by atoms with E-state index in [0.29, 0.717) is 17.2 Å². The standard InChI is InChI=1S/C30H26F3N3O2/c1-17-12-13-34-25(14-17)36-29(38)26-18(2)35-23-15-20(19-8-4-3-5-9-19)16-24(37)28(23)27(26)21-10-6-7-11-22(21)30(31,32)33/h3-15,20,27-28,35H,16H2,1-2H3,(H,34,36,38)/p+1. The number of aromatic amines is 1. The van der Waals surface area contributed by atoms with Crippen molar-refractivity contribution in [2.75, 3.05) is 5.32 Å². The van der Waals surface area contributed by atoms with E-state index in [9.17, 15) is 22.8 Å². The molecule has 0 radical (unpaired) electrons. The molecule has 0 fully saturated rings. The zero-order valence-electron chi connectivity index (χ0n) is 20.9. The molecule has 8 heteroatoms. The van der Waals surface area contributed by atoms with Crippen LogP contribution in [0.1, 0.15) is 47.4 Å². The molecule has 1 aromatic heterocycles. The van der Waals surface area contributed by atoms with Crippen LogP contribution >= 0.6 is 0 Å². The number of aromatic nitrogens is 1. The van der Waals surface area contributed by atoms with Crippen LogP contribution in [0.15, 0.2) is 96.0 Å². The zero-order valence-corrected chi connectivity index (χ0v) is 20.9. The molecule has 0 bridgehead atoms. The first kappa shape index (κ1) is 25.4. The Hall–Kier alpha value is -4.20. The summed E-state index contributed by atoms with van der Waals surface area (Å²) in [7, 11) is 0. The van der Waals surface area contributed by atoms with Gasteiger partial charge in [-0.1, -0.05) is 54.6 Å². The molecule has 5 rings (SSSR count). The van der Waals surface area contributed by atoms with E-state index in [4.69, 9.17) is 0 Å². The molecule has 1 aliphatic heterocycles. The van der Waals surface area contributed by atoms with Gasteiger partial charge in [-0.15, -0.1) is 0 Å². The number of hydrogen-bond acceptors (Lipinski definition) is 3. The van der Waals surface area contributed by atoms with Crippen LogP contribution in [0.3, 0.4) is 0 Å². The van der Waals surface area contributed by atoms with E-state index in [1.807, 2.05) is 49.4 Å². The minimum absolute atomic E-state index is 0.0957. The van der Waals surface area contributed by atoms with Crippen LogP contribution in [-0.4, -0.2) is 11.7 Å². The maximum absolute atomic E-state index is 14.2. The number of hydrogen-bond donors (Lipinski definition) is 2. The van der Waals surface area contributed by atoms with Crippen LogP contribution in [0, 0.1) is 12.8 Å². The molecule has 38 heavy (non-hydrogen) atoms. The van der Waals surface area contributed by atoms with E-state index in [1.54, 1.807) is 19.2 Å². The molecule has 3 N–H and O–H groups in total. The summed E-state index contributed by atoms with van der Waals surface area (Å²) in [5.74, 6) is -2.68. The van der Waals surface area contributed by atoms with Crippen LogP contribution in [0.5, 0.6) is 0 Å². The molecule has 0 saturated carbocycles. The van der Waals surface area contributed by atoms with E-state index in [0.717, 1.165) is 17.2 Å². The van der Waals surface area contributed by atoms with Crippen molar-refractivity contribution in [3.63, 3.8) is 0 Å². The first-order chi connectivity index (χ1) is 18.1. The smallest absolute Gasteiger partial charge is 0.362 e. The number of anilines is 1. The van der Waals surface area contributed by atoms with E-state index in [-0.39, 0.29) is 29.3 Å². The number of carbonyl (C=O) groups excluding carboxylic acids is 2. The Morgan fingerprint density at radius 3 is 2.42 bits per heavy atom. The predicted molar refractivity (Wildman–Crippen MR) is 137 cm³/mol. The molecule has 5 nitrogen and oxygen atoms in total. The molecule has 0 spiro atoms. The maximum Gasteiger partial charge on any atom is 0.416 e. The Labute approximate surface area is 218 Å². The third kappa shape index (κ3) is 4.86. The molecule has 2 aromatic carbocycles. The summed E-state index contributed by atoms with van der Waals surface area (Å²) in [5.41, 5.74) is 1.91. The summed E-state index contributed by atoms with van der Waals surface area (Å²) < 4.78 is 42.6. The highest BCUT2D eigenvalue weighted by molar-refractivity contribution is 6.06. The van der Waals surface area contributed by atoms with Gasteiger partial charge in [0.15, 0.2) is 0 Å². The lowest BCUT2D eigenvalue weighted by Crippen LogP contribution is -2.43. The second-order valence-corrected chi connectivity index (χ2v) is 9.75. The summed E-state index contributed by atoms with van der Waals surface area (Å²) in [6.07, 6.45) is -0.951. The quantitative estimate of drug-likeness (QED) is 0.467. The first-order valence-electron chi connectivity index (χ1n) is 12.4. The fraction of sp³-hybridized carbons (Fsp3) is 0.233. The molecular weight excluding hydrogens is 491 g/mol. The van der Waals surface area contributed by atoms with Crippen molar-refractivity contribution in [1.29, 1.82) is 0 Å². The number of amides is 1. The van der Waals surface area contributed by atoms with Gasteiger partial charge in [0.25, 0.3) is 5.82 Å². The maximum atomic E-state index is 14.2. The van der Waals surface area contributed by atoms with Crippen LogP contribution < -0.4 is 15.6 Å². The minimum atomic E-state index is -4.66. The van der Waals surface area contributed by atoms with Crippen molar-refractivity contribution in [1.82, 2.24) is 5.32 Å². The van der Waals surface area contributed by atoms with Crippen molar-refractivity contribution < 1.29 is 27.7 Å². The summed E-state index contributed by atoms with van der Waals surface area (Å²) in [5, 5.41) is 5.98. The Morgan fingerprint density at radius 1 is 1.00 bits per heavy atom. The highest BCUT2D eigenvalue weighted by atomic mass is 19.4. The average molecular weight is 519 g/mol. The van der Waals surface area contributed by atoms with Crippen LogP contribution in [-0.2, 0) is 15.8 Å². The van der Waals surface area contributed by atoms with Gasteiger partial charge in [-0.05, 0) is 42.7 Å². The lowest BCUT2D eigenvalue weighted by atomic mass is 9.67. The number of fused-ring (bicyclic) bond motifs is 1. The number of carbonyl (C=O) groups is 2. The SMILES string of the molecule is CC1=C(C(=O)Nc2cc(C)cc[nH+]2)C(c2ccccc2C(F)(F)F)C2C(=O)CC(c3ccccc3)C=C2N1. The summed E-state index contributed by atoms with van der Waals surface area (Å²) >= 11 is 0. The second-order valence-electron chi connectivity index (χ2n) is 9.75. The summed E-state index contributed by atoms with van der Waals surface area (Å²) in [6.45, 7) is 3.52. The number of ketones is 1. The lowest BCUT2D eigenvalue weighted by molar-refractivity contribution is -0.360. The molecule has 194 valence electrons. The van der Waals surface area contributed by atoms with Gasteiger partial charge < -0.3 is 5.32 Å². The number of alkyl halides is 3. The minimum Gasteiger partial charge on any atom is -0.362 e. The van der Waals surface area contributed by atoms with Gasteiger partial charge in [0.05, 0.1) is 23.3 Å². The van der Waals surface area contributed by atoms with Gasteiger partial charge in [0.1, 0.15) is 5.78 Å². The highest BCUT2D eigenvalue weighted by Gasteiger charge is 2.48. The van der Waals surface area contributed by atoms with Gasteiger partial charge >= 0.3 is 12.1 Å². The topological polar surface area (TPSA) is 72.3 Å². The molecular formula is C30H27F3N3O2+. The monoisotopic (exact) mass is 518 g/mol. The Balaban J connectivity index is 1.65. The lowest BCUT2D eigenvalue weighted by Gasteiger charge is -2.40. The van der Waals surface area contributed by atoms with Gasteiger partial charge in [-0.25, -0.2) is 15.1 Å². The zero-order chi connectivity index (χ0) is 27.0. The van der Waals surface area contributed by atoms with Crippen molar-refractivity contribution >= 4 is 17.5 Å². The number of pyridine rings is 1. The normalized spacial score (nSPS) is 21.3. The Kier molecular flexibility index (Phi) is 6.65. The molecule has 1 aliphatic carbocycles. The van der Waals surface area contributed by atoms with E-state index in [1.165, 1.54) is 18.2 Å². The number of H-pyrrole nitrogens is 1. The number of Topliss-reactive ketones (excluding diaryl/α,β-unsaturated/α-hetero) is 1. The number of halogens is 3. The summed E-state index contributed by atoms with van der Waals surface area (Å²) in [6, 6.07) is 18.3. The fourth-order valence-electron chi connectivity index (χ4n) is 5.49. The van der Waals surface area contributed by atoms with Gasteiger partial charge in [0, 0.05) is 35.7 Å². The molecule has 2 heterocycles. The van der Waals surface area contributed by atoms with E-state index >= 15 is 0 Å². The summed E-state index contributed by atoms with van der Waals surface area (Å²) in [4.78, 5) is 30.3. The second kappa shape index (κ2) is 9.93. The van der Waals surface area contributed by atoms with Crippen LogP contribution in [0.4, 0.5) is 19.0 Å². The predicted octanol–water partition coefficient (Wildman–Crippen LogP) is 5.68. The molecule has 3 aromatic rings. The first-order valence-corrected chi connectivity index (χ1v) is 12.4. The number of nitrogens with one attached hydrogen (secondary N) is 3. The third-order valence-corrected chi connectivity index (χ3v) is 7.14. The van der Waals surface area contributed by atoms with Gasteiger partial charge in [0.2, 0.25) is 0 Å². The van der Waals surface area contributed by atoms with Crippen molar-refractivity contribution in [3.05, 3.63) is 118 Å². The number of benzene rings is 2.